The molecule has 0 radical (unpaired) electrons. The van der Waals surface area contributed by atoms with Gasteiger partial charge < -0.3 is 4.90 Å². The molecule has 0 bridgehead atoms. The number of aryl methyl sites for hydroxylation is 1. The van der Waals surface area contributed by atoms with Crippen molar-refractivity contribution in [2.45, 2.75) is 19.8 Å². The molecule has 1 aliphatic rings. The Kier molecular flexibility index (Phi) is 3.36. The molecule has 2 heterocycles. The average molecular weight is 286 g/mol. The molecule has 1 aromatic carbocycles. The molecule has 0 N–H and O–H groups in total. The van der Waals surface area contributed by atoms with Crippen molar-refractivity contribution >= 4 is 29.2 Å². The van der Waals surface area contributed by atoms with E-state index in [1.54, 1.807) is 6.92 Å². The van der Waals surface area contributed by atoms with Crippen molar-refractivity contribution in [2.24, 2.45) is 0 Å². The fourth-order valence-corrected chi connectivity index (χ4v) is 3.19. The van der Waals surface area contributed by atoms with Crippen LogP contribution in [0.1, 0.15) is 28.7 Å². The molecule has 0 fully saturated rings. The first kappa shape index (κ1) is 13.0. The molecule has 0 atom stereocenters. The SMILES string of the molecule is CC(=O)N1CCCc2cc(-c3csc(C=O)n3)ccc21. The number of carbonyl (C=O) groups excluding carboxylic acids is 2. The minimum Gasteiger partial charge on any atom is -0.312 e. The number of benzene rings is 1. The van der Waals surface area contributed by atoms with Crippen LogP contribution in [0.25, 0.3) is 11.3 Å². The van der Waals surface area contributed by atoms with Gasteiger partial charge in [0, 0.05) is 30.1 Å². The van der Waals surface area contributed by atoms with E-state index in [9.17, 15) is 9.59 Å². The molecule has 1 amide bonds. The molecule has 5 heteroatoms. The van der Waals surface area contributed by atoms with Crippen LogP contribution in [-0.4, -0.2) is 23.7 Å². The fourth-order valence-electron chi connectivity index (χ4n) is 2.56. The summed E-state index contributed by atoms with van der Waals surface area (Å²) in [5.41, 5.74) is 3.99. The van der Waals surface area contributed by atoms with E-state index in [1.807, 2.05) is 22.4 Å². The van der Waals surface area contributed by atoms with Crippen molar-refractivity contribution < 1.29 is 9.59 Å². The van der Waals surface area contributed by atoms with E-state index in [2.05, 4.69) is 11.1 Å². The Morgan fingerprint density at radius 2 is 2.30 bits per heavy atom. The van der Waals surface area contributed by atoms with Crippen LogP contribution >= 0.6 is 11.3 Å². The van der Waals surface area contributed by atoms with Crippen LogP contribution in [0.5, 0.6) is 0 Å². The third-order valence-corrected chi connectivity index (χ3v) is 4.27. The normalized spacial score (nSPS) is 13.9. The van der Waals surface area contributed by atoms with Gasteiger partial charge in [-0.05, 0) is 30.5 Å². The summed E-state index contributed by atoms with van der Waals surface area (Å²) in [4.78, 5) is 28.4. The van der Waals surface area contributed by atoms with Crippen LogP contribution < -0.4 is 4.90 Å². The molecule has 0 spiro atoms. The van der Waals surface area contributed by atoms with Crippen LogP contribution in [-0.2, 0) is 11.2 Å². The second-order valence-corrected chi connectivity index (χ2v) is 5.70. The number of aromatic nitrogens is 1. The summed E-state index contributed by atoms with van der Waals surface area (Å²) in [6, 6.07) is 6.02. The van der Waals surface area contributed by atoms with Gasteiger partial charge in [-0.2, -0.15) is 0 Å². The zero-order chi connectivity index (χ0) is 14.1. The maximum atomic E-state index is 11.6. The molecule has 1 aromatic heterocycles. The van der Waals surface area contributed by atoms with E-state index in [0.717, 1.165) is 42.6 Å². The summed E-state index contributed by atoms with van der Waals surface area (Å²) >= 11 is 1.34. The molecule has 0 saturated carbocycles. The predicted octanol–water partition coefficient (Wildman–Crippen LogP) is 2.92. The molecule has 20 heavy (non-hydrogen) atoms. The Hall–Kier alpha value is -2.01. The minimum absolute atomic E-state index is 0.0793. The van der Waals surface area contributed by atoms with E-state index in [-0.39, 0.29) is 5.91 Å². The molecule has 0 aliphatic carbocycles. The molecule has 3 rings (SSSR count). The van der Waals surface area contributed by atoms with Crippen molar-refractivity contribution in [3.05, 3.63) is 34.2 Å². The summed E-state index contributed by atoms with van der Waals surface area (Å²) in [6.45, 7) is 2.38. The van der Waals surface area contributed by atoms with Gasteiger partial charge in [0.25, 0.3) is 0 Å². The fraction of sp³-hybridized carbons (Fsp3) is 0.267. The zero-order valence-electron chi connectivity index (χ0n) is 11.1. The summed E-state index contributed by atoms with van der Waals surface area (Å²) in [5, 5.41) is 2.37. The largest absolute Gasteiger partial charge is 0.312 e. The first-order valence-electron chi connectivity index (χ1n) is 6.51. The number of aldehydes is 1. The Labute approximate surface area is 121 Å². The Morgan fingerprint density at radius 1 is 1.45 bits per heavy atom. The van der Waals surface area contributed by atoms with Crippen LogP contribution in [0, 0.1) is 0 Å². The van der Waals surface area contributed by atoms with Gasteiger partial charge in [0.2, 0.25) is 5.91 Å². The van der Waals surface area contributed by atoms with Gasteiger partial charge >= 0.3 is 0 Å². The van der Waals surface area contributed by atoms with E-state index < -0.39 is 0 Å². The third kappa shape index (κ3) is 2.25. The highest BCUT2D eigenvalue weighted by molar-refractivity contribution is 7.11. The van der Waals surface area contributed by atoms with Crippen LogP contribution in [0.3, 0.4) is 0 Å². The van der Waals surface area contributed by atoms with E-state index in [1.165, 1.54) is 16.9 Å². The summed E-state index contributed by atoms with van der Waals surface area (Å²) in [7, 11) is 0. The summed E-state index contributed by atoms with van der Waals surface area (Å²) in [5.74, 6) is 0.0793. The number of nitrogens with zero attached hydrogens (tertiary/aromatic N) is 2. The van der Waals surface area contributed by atoms with Gasteiger partial charge in [0.05, 0.1) is 5.69 Å². The molecule has 4 nitrogen and oxygen atoms in total. The molecule has 0 unspecified atom stereocenters. The maximum absolute atomic E-state index is 11.6. The Morgan fingerprint density at radius 3 is 3.00 bits per heavy atom. The monoisotopic (exact) mass is 286 g/mol. The first-order valence-corrected chi connectivity index (χ1v) is 7.39. The Balaban J connectivity index is 2.00. The van der Waals surface area contributed by atoms with E-state index >= 15 is 0 Å². The lowest BCUT2D eigenvalue weighted by atomic mass is 9.98. The highest BCUT2D eigenvalue weighted by atomic mass is 32.1. The predicted molar refractivity (Wildman–Crippen MR) is 79.3 cm³/mol. The summed E-state index contributed by atoms with van der Waals surface area (Å²) < 4.78 is 0. The Bertz CT molecular complexity index is 678. The average Bonchev–Trinajstić information content (AvgIpc) is 2.94. The minimum atomic E-state index is 0.0793. The highest BCUT2D eigenvalue weighted by Crippen LogP contribution is 2.32. The smallest absolute Gasteiger partial charge is 0.223 e. The van der Waals surface area contributed by atoms with Gasteiger partial charge in [-0.15, -0.1) is 11.3 Å². The van der Waals surface area contributed by atoms with Gasteiger partial charge in [-0.1, -0.05) is 6.07 Å². The number of anilines is 1. The first-order chi connectivity index (χ1) is 9.69. The number of rotatable bonds is 2. The lowest BCUT2D eigenvalue weighted by molar-refractivity contribution is -0.116. The molecule has 102 valence electrons. The standard InChI is InChI=1S/C15H14N2O2S/c1-10(19)17-6-2-3-12-7-11(4-5-14(12)17)13-9-20-15(8-18)16-13/h4-5,7-9H,2-3,6H2,1H3. The number of amides is 1. The third-order valence-electron chi connectivity index (χ3n) is 3.50. The molecular formula is C15H14N2O2S. The van der Waals surface area contributed by atoms with Crippen molar-refractivity contribution in [3.63, 3.8) is 0 Å². The van der Waals surface area contributed by atoms with Crippen molar-refractivity contribution in [2.75, 3.05) is 11.4 Å². The van der Waals surface area contributed by atoms with Crippen LogP contribution in [0.4, 0.5) is 5.69 Å². The summed E-state index contributed by atoms with van der Waals surface area (Å²) in [6.07, 6.45) is 2.72. The van der Waals surface area contributed by atoms with Crippen molar-refractivity contribution in [1.29, 1.82) is 0 Å². The molecule has 1 aliphatic heterocycles. The number of fused-ring (bicyclic) bond motifs is 1. The highest BCUT2D eigenvalue weighted by Gasteiger charge is 2.20. The number of hydrogen-bond donors (Lipinski definition) is 0. The van der Waals surface area contributed by atoms with Crippen molar-refractivity contribution in [1.82, 2.24) is 4.98 Å². The molecular weight excluding hydrogens is 272 g/mol. The van der Waals surface area contributed by atoms with Gasteiger partial charge in [-0.25, -0.2) is 4.98 Å². The topological polar surface area (TPSA) is 50.3 Å². The van der Waals surface area contributed by atoms with Gasteiger partial charge in [0.1, 0.15) is 0 Å². The molecule has 2 aromatic rings. The second-order valence-electron chi connectivity index (χ2n) is 4.81. The maximum Gasteiger partial charge on any atom is 0.223 e. The zero-order valence-corrected chi connectivity index (χ0v) is 11.9. The van der Waals surface area contributed by atoms with Crippen molar-refractivity contribution in [3.8, 4) is 11.3 Å². The molecule has 0 saturated heterocycles. The van der Waals surface area contributed by atoms with Crippen LogP contribution in [0.15, 0.2) is 23.6 Å². The van der Waals surface area contributed by atoms with E-state index in [4.69, 9.17) is 0 Å². The van der Waals surface area contributed by atoms with Gasteiger partial charge in [-0.3, -0.25) is 9.59 Å². The lowest BCUT2D eigenvalue weighted by Gasteiger charge is -2.28. The lowest BCUT2D eigenvalue weighted by Crippen LogP contribution is -2.33. The quantitative estimate of drug-likeness (QED) is 0.798. The van der Waals surface area contributed by atoms with E-state index in [0.29, 0.717) is 5.01 Å². The second kappa shape index (κ2) is 5.17. The number of hydrogen-bond acceptors (Lipinski definition) is 4. The van der Waals surface area contributed by atoms with Crippen LogP contribution in [0.2, 0.25) is 0 Å². The number of carbonyl (C=O) groups is 2. The van der Waals surface area contributed by atoms with Gasteiger partial charge in [0.15, 0.2) is 11.3 Å². The number of thiazole rings is 1.